The molecule has 1 heterocycles. The highest BCUT2D eigenvalue weighted by Gasteiger charge is 2.29. The fourth-order valence-electron chi connectivity index (χ4n) is 2.39. The summed E-state index contributed by atoms with van der Waals surface area (Å²) in [5, 5.41) is 4.42. The molecular weight excluding hydrogens is 310 g/mol. The number of carbonyl (C=O) groups excluding carboxylic acids is 1. The summed E-state index contributed by atoms with van der Waals surface area (Å²) >= 11 is 1.09. The summed E-state index contributed by atoms with van der Waals surface area (Å²) in [5.74, 6) is -0.167. The standard InChI is InChI=1S/C12H16F2N2O2S.ClH/c13-12(14)18-9-4-5-19-10(9)11(17)16-8-3-1-2-7(8)6-15;/h4-5,7-8,12H,1-3,6,15H2,(H,16,17);1H. The van der Waals surface area contributed by atoms with Gasteiger partial charge in [-0.1, -0.05) is 6.42 Å². The van der Waals surface area contributed by atoms with Gasteiger partial charge in [0.25, 0.3) is 5.91 Å². The molecule has 2 atom stereocenters. The lowest BCUT2D eigenvalue weighted by molar-refractivity contribution is -0.0498. The second kappa shape index (κ2) is 7.75. The van der Waals surface area contributed by atoms with E-state index in [9.17, 15) is 13.6 Å². The Morgan fingerprint density at radius 1 is 1.55 bits per heavy atom. The molecule has 20 heavy (non-hydrogen) atoms. The maximum Gasteiger partial charge on any atom is 0.387 e. The first-order valence-corrected chi connectivity index (χ1v) is 7.03. The Hall–Kier alpha value is -0.920. The molecule has 1 aromatic heterocycles. The first-order valence-electron chi connectivity index (χ1n) is 6.15. The quantitative estimate of drug-likeness (QED) is 0.874. The molecule has 0 bridgehead atoms. The third-order valence-electron chi connectivity index (χ3n) is 3.33. The molecule has 1 aliphatic rings. The Morgan fingerprint density at radius 3 is 2.95 bits per heavy atom. The molecule has 0 radical (unpaired) electrons. The normalized spacial score (nSPS) is 21.6. The van der Waals surface area contributed by atoms with Crippen molar-refractivity contribution in [2.75, 3.05) is 6.54 Å². The van der Waals surface area contributed by atoms with E-state index in [0.29, 0.717) is 6.54 Å². The maximum absolute atomic E-state index is 12.2. The third kappa shape index (κ3) is 4.04. The first kappa shape index (κ1) is 17.1. The average Bonchev–Trinajstić information content (AvgIpc) is 2.97. The number of nitrogens with one attached hydrogen (secondary N) is 1. The van der Waals surface area contributed by atoms with Gasteiger partial charge < -0.3 is 15.8 Å². The maximum atomic E-state index is 12.2. The van der Waals surface area contributed by atoms with E-state index >= 15 is 0 Å². The smallest absolute Gasteiger partial charge is 0.387 e. The molecule has 1 saturated carbocycles. The summed E-state index contributed by atoms with van der Waals surface area (Å²) in [6.45, 7) is -2.40. The number of halogens is 3. The van der Waals surface area contributed by atoms with Crippen LogP contribution >= 0.6 is 23.7 Å². The van der Waals surface area contributed by atoms with E-state index < -0.39 is 6.61 Å². The number of nitrogens with two attached hydrogens (primary N) is 1. The Kier molecular flexibility index (Phi) is 6.64. The molecule has 114 valence electrons. The van der Waals surface area contributed by atoms with Crippen molar-refractivity contribution in [3.8, 4) is 5.75 Å². The number of carbonyl (C=O) groups is 1. The zero-order chi connectivity index (χ0) is 13.8. The van der Waals surface area contributed by atoms with Crippen molar-refractivity contribution in [3.63, 3.8) is 0 Å². The molecule has 1 aromatic rings. The molecule has 1 fully saturated rings. The van der Waals surface area contributed by atoms with E-state index in [0.717, 1.165) is 30.6 Å². The minimum atomic E-state index is -2.93. The van der Waals surface area contributed by atoms with Crippen molar-refractivity contribution in [2.45, 2.75) is 31.9 Å². The van der Waals surface area contributed by atoms with Gasteiger partial charge in [0.05, 0.1) is 0 Å². The summed E-state index contributed by atoms with van der Waals surface area (Å²) < 4.78 is 28.7. The molecule has 0 aromatic carbocycles. The number of ether oxygens (including phenoxy) is 1. The highest BCUT2D eigenvalue weighted by Crippen LogP contribution is 2.29. The number of thiophene rings is 1. The van der Waals surface area contributed by atoms with Crippen molar-refractivity contribution in [1.29, 1.82) is 0 Å². The molecule has 0 spiro atoms. The van der Waals surface area contributed by atoms with Crippen LogP contribution in [0.15, 0.2) is 11.4 Å². The second-order valence-electron chi connectivity index (χ2n) is 4.50. The Bertz CT molecular complexity index is 445. The van der Waals surface area contributed by atoms with Crippen LogP contribution in [0.25, 0.3) is 0 Å². The number of alkyl halides is 2. The lowest BCUT2D eigenvalue weighted by atomic mass is 10.0. The summed E-state index contributed by atoms with van der Waals surface area (Å²) in [5.41, 5.74) is 5.64. The monoisotopic (exact) mass is 326 g/mol. The molecule has 2 rings (SSSR count). The van der Waals surface area contributed by atoms with Gasteiger partial charge in [-0.3, -0.25) is 4.79 Å². The zero-order valence-electron chi connectivity index (χ0n) is 10.7. The number of rotatable bonds is 5. The molecule has 1 amide bonds. The molecule has 3 N–H and O–H groups in total. The van der Waals surface area contributed by atoms with Crippen LogP contribution in [-0.4, -0.2) is 25.1 Å². The first-order chi connectivity index (χ1) is 9.11. The van der Waals surface area contributed by atoms with E-state index in [-0.39, 0.29) is 40.9 Å². The van der Waals surface area contributed by atoms with Gasteiger partial charge in [-0.05, 0) is 36.8 Å². The summed E-state index contributed by atoms with van der Waals surface area (Å²) in [6.07, 6.45) is 2.90. The predicted molar refractivity (Wildman–Crippen MR) is 75.8 cm³/mol. The van der Waals surface area contributed by atoms with Crippen LogP contribution in [0.4, 0.5) is 8.78 Å². The summed E-state index contributed by atoms with van der Waals surface area (Å²) in [4.78, 5) is 12.2. The molecular formula is C12H17ClF2N2O2S. The minimum Gasteiger partial charge on any atom is -0.433 e. The van der Waals surface area contributed by atoms with Crippen molar-refractivity contribution in [1.82, 2.24) is 5.32 Å². The molecule has 0 aliphatic heterocycles. The third-order valence-corrected chi connectivity index (χ3v) is 4.22. The van der Waals surface area contributed by atoms with Crippen molar-refractivity contribution >= 4 is 29.7 Å². The van der Waals surface area contributed by atoms with Gasteiger partial charge in [0, 0.05) is 6.04 Å². The van der Waals surface area contributed by atoms with Crippen LogP contribution < -0.4 is 15.8 Å². The molecule has 0 saturated heterocycles. The van der Waals surface area contributed by atoms with Gasteiger partial charge in [-0.2, -0.15) is 8.78 Å². The Morgan fingerprint density at radius 2 is 2.30 bits per heavy atom. The van der Waals surface area contributed by atoms with Gasteiger partial charge in [-0.25, -0.2) is 0 Å². The largest absolute Gasteiger partial charge is 0.433 e. The molecule has 4 nitrogen and oxygen atoms in total. The highest BCUT2D eigenvalue weighted by molar-refractivity contribution is 7.12. The van der Waals surface area contributed by atoms with Crippen molar-refractivity contribution in [3.05, 3.63) is 16.3 Å². The van der Waals surface area contributed by atoms with E-state index in [4.69, 9.17) is 5.73 Å². The Balaban J connectivity index is 0.00000200. The van der Waals surface area contributed by atoms with Gasteiger partial charge in [0.15, 0.2) is 0 Å². The van der Waals surface area contributed by atoms with E-state index in [2.05, 4.69) is 10.1 Å². The SMILES string of the molecule is Cl.NCC1CCCC1NC(=O)c1sccc1OC(F)F. The molecule has 1 aliphatic carbocycles. The second-order valence-corrected chi connectivity index (χ2v) is 5.42. The fourth-order valence-corrected chi connectivity index (χ4v) is 3.12. The zero-order valence-corrected chi connectivity index (χ0v) is 12.3. The Labute approximate surface area is 126 Å². The predicted octanol–water partition coefficient (Wildman–Crippen LogP) is 2.63. The van der Waals surface area contributed by atoms with Crippen LogP contribution in [0.5, 0.6) is 5.75 Å². The van der Waals surface area contributed by atoms with Crippen LogP contribution in [0.1, 0.15) is 28.9 Å². The molecule has 8 heteroatoms. The number of amides is 1. The lowest BCUT2D eigenvalue weighted by Gasteiger charge is -2.19. The van der Waals surface area contributed by atoms with E-state index in [1.54, 1.807) is 5.38 Å². The fraction of sp³-hybridized carbons (Fsp3) is 0.583. The van der Waals surface area contributed by atoms with Crippen molar-refractivity contribution < 1.29 is 18.3 Å². The topological polar surface area (TPSA) is 64.3 Å². The van der Waals surface area contributed by atoms with Gasteiger partial charge in [0.2, 0.25) is 0 Å². The summed E-state index contributed by atoms with van der Waals surface area (Å²) in [6, 6.07) is 1.40. The summed E-state index contributed by atoms with van der Waals surface area (Å²) in [7, 11) is 0. The van der Waals surface area contributed by atoms with E-state index in [1.165, 1.54) is 6.07 Å². The van der Waals surface area contributed by atoms with Crippen LogP contribution in [0.3, 0.4) is 0 Å². The lowest BCUT2D eigenvalue weighted by Crippen LogP contribution is -2.39. The minimum absolute atomic E-state index is 0. The van der Waals surface area contributed by atoms with Crippen LogP contribution in [0, 0.1) is 5.92 Å². The van der Waals surface area contributed by atoms with Crippen LogP contribution in [-0.2, 0) is 0 Å². The van der Waals surface area contributed by atoms with Gasteiger partial charge in [-0.15, -0.1) is 23.7 Å². The van der Waals surface area contributed by atoms with Gasteiger partial charge in [0.1, 0.15) is 10.6 Å². The highest BCUT2D eigenvalue weighted by atomic mass is 35.5. The van der Waals surface area contributed by atoms with Crippen molar-refractivity contribution in [2.24, 2.45) is 11.7 Å². The van der Waals surface area contributed by atoms with E-state index in [1.807, 2.05) is 0 Å². The van der Waals surface area contributed by atoms with Gasteiger partial charge >= 0.3 is 6.61 Å². The van der Waals surface area contributed by atoms with Crippen LogP contribution in [0.2, 0.25) is 0 Å². The number of hydrogen-bond acceptors (Lipinski definition) is 4. The number of hydrogen-bond donors (Lipinski definition) is 2. The average molecular weight is 327 g/mol. The molecule has 2 unspecified atom stereocenters.